The highest BCUT2D eigenvalue weighted by atomic mass is 19.1. The number of nitrogens with one attached hydrogen (secondary N) is 2. The normalized spacial score (nSPS) is 10.8. The van der Waals surface area contributed by atoms with Crippen LogP contribution >= 0.6 is 0 Å². The molecule has 2 N–H and O–H groups in total. The second kappa shape index (κ2) is 10.5. The summed E-state index contributed by atoms with van der Waals surface area (Å²) in [6, 6.07) is 16.1. The summed E-state index contributed by atoms with van der Waals surface area (Å²) in [7, 11) is 3.44. The summed E-state index contributed by atoms with van der Waals surface area (Å²) >= 11 is 0. The molecule has 3 aromatic rings. The molecule has 30 heavy (non-hydrogen) atoms. The molecule has 0 aliphatic rings. The molecule has 0 radical (unpaired) electrons. The second-order valence-electron chi connectivity index (χ2n) is 7.17. The zero-order valence-corrected chi connectivity index (χ0v) is 17.3. The van der Waals surface area contributed by atoms with Gasteiger partial charge in [-0.2, -0.15) is 5.10 Å². The molecule has 1 aromatic heterocycles. The number of urea groups is 1. The number of aryl methyl sites for hydroxylation is 1. The summed E-state index contributed by atoms with van der Waals surface area (Å²) in [5, 5.41) is 10.2. The van der Waals surface area contributed by atoms with E-state index in [1.165, 1.54) is 12.1 Å². The van der Waals surface area contributed by atoms with Crippen molar-refractivity contribution in [1.82, 2.24) is 20.4 Å². The van der Waals surface area contributed by atoms with E-state index in [4.69, 9.17) is 4.74 Å². The first-order chi connectivity index (χ1) is 14.6. The predicted octanol–water partition coefficient (Wildman–Crippen LogP) is 4.14. The van der Waals surface area contributed by atoms with Crippen LogP contribution in [-0.2, 0) is 24.3 Å². The van der Waals surface area contributed by atoms with Gasteiger partial charge in [-0.3, -0.25) is 5.10 Å². The Balaban J connectivity index is 1.44. The number of H-pyrrole nitrogens is 1. The molecule has 0 atom stereocenters. The minimum absolute atomic E-state index is 0.118. The van der Waals surface area contributed by atoms with Crippen LogP contribution in [0, 0.1) is 5.82 Å². The van der Waals surface area contributed by atoms with Crippen LogP contribution in [0.4, 0.5) is 9.18 Å². The van der Waals surface area contributed by atoms with Gasteiger partial charge in [0, 0.05) is 38.5 Å². The highest BCUT2D eigenvalue weighted by molar-refractivity contribution is 5.73. The van der Waals surface area contributed by atoms with Gasteiger partial charge in [0.05, 0.1) is 12.3 Å². The van der Waals surface area contributed by atoms with Crippen molar-refractivity contribution in [3.63, 3.8) is 0 Å². The number of carbonyl (C=O) groups excluding carboxylic acids is 1. The van der Waals surface area contributed by atoms with E-state index in [-0.39, 0.29) is 11.8 Å². The molecule has 158 valence electrons. The van der Waals surface area contributed by atoms with Crippen molar-refractivity contribution in [2.75, 3.05) is 20.7 Å². The number of rotatable bonds is 9. The summed E-state index contributed by atoms with van der Waals surface area (Å²) in [6.07, 6.45) is 1.53. The molecule has 0 fully saturated rings. The van der Waals surface area contributed by atoms with E-state index in [0.717, 1.165) is 35.2 Å². The van der Waals surface area contributed by atoms with Crippen molar-refractivity contribution >= 4 is 6.03 Å². The maximum Gasteiger partial charge on any atom is 0.317 e. The third kappa shape index (κ3) is 5.90. The fourth-order valence-corrected chi connectivity index (χ4v) is 3.23. The topological polar surface area (TPSA) is 70.2 Å². The predicted molar refractivity (Wildman–Crippen MR) is 114 cm³/mol. The quantitative estimate of drug-likeness (QED) is 0.557. The van der Waals surface area contributed by atoms with Crippen LogP contribution in [0.1, 0.15) is 23.2 Å². The molecule has 7 heteroatoms. The number of ether oxygens (including phenoxy) is 1. The van der Waals surface area contributed by atoms with Gasteiger partial charge in [0.15, 0.2) is 0 Å². The number of carbonyl (C=O) groups is 1. The van der Waals surface area contributed by atoms with Crippen molar-refractivity contribution in [1.29, 1.82) is 0 Å². The van der Waals surface area contributed by atoms with Crippen molar-refractivity contribution in [3.05, 3.63) is 77.2 Å². The number of aromatic nitrogens is 2. The van der Waals surface area contributed by atoms with Crippen molar-refractivity contribution in [3.8, 4) is 11.3 Å². The lowest BCUT2D eigenvalue weighted by Crippen LogP contribution is -2.37. The van der Waals surface area contributed by atoms with Crippen molar-refractivity contribution < 1.29 is 13.9 Å². The molecule has 0 spiro atoms. The lowest BCUT2D eigenvalue weighted by atomic mass is 10.1. The van der Waals surface area contributed by atoms with Crippen LogP contribution in [0.25, 0.3) is 11.3 Å². The maximum absolute atomic E-state index is 13.4. The van der Waals surface area contributed by atoms with Gasteiger partial charge >= 0.3 is 6.03 Å². The van der Waals surface area contributed by atoms with Crippen LogP contribution in [0.15, 0.2) is 54.6 Å². The van der Waals surface area contributed by atoms with Gasteiger partial charge in [0.1, 0.15) is 5.82 Å². The Kier molecular flexibility index (Phi) is 7.57. The summed E-state index contributed by atoms with van der Waals surface area (Å²) < 4.78 is 18.6. The van der Waals surface area contributed by atoms with E-state index in [2.05, 4.69) is 15.5 Å². The van der Waals surface area contributed by atoms with Gasteiger partial charge in [-0.25, -0.2) is 9.18 Å². The molecular formula is C23H27FN4O2. The number of amides is 2. The minimum Gasteiger partial charge on any atom is -0.380 e. The van der Waals surface area contributed by atoms with E-state index in [0.29, 0.717) is 25.4 Å². The van der Waals surface area contributed by atoms with E-state index >= 15 is 0 Å². The smallest absolute Gasteiger partial charge is 0.317 e. The second-order valence-corrected chi connectivity index (χ2v) is 7.17. The number of nitrogens with zero attached hydrogens (tertiary/aromatic N) is 2. The van der Waals surface area contributed by atoms with Crippen LogP contribution in [0.3, 0.4) is 0 Å². The number of hydrogen-bond donors (Lipinski definition) is 2. The first kappa shape index (κ1) is 21.5. The van der Waals surface area contributed by atoms with Gasteiger partial charge in [-0.05, 0) is 42.2 Å². The molecule has 6 nitrogen and oxygen atoms in total. The van der Waals surface area contributed by atoms with E-state index < -0.39 is 0 Å². The number of halogens is 1. The summed E-state index contributed by atoms with van der Waals surface area (Å²) in [5.41, 5.74) is 4.52. The molecule has 2 aromatic carbocycles. The Morgan fingerprint density at radius 3 is 2.73 bits per heavy atom. The van der Waals surface area contributed by atoms with Crippen LogP contribution in [-0.4, -0.2) is 41.8 Å². The number of hydrogen-bond acceptors (Lipinski definition) is 3. The van der Waals surface area contributed by atoms with Gasteiger partial charge in [-0.15, -0.1) is 0 Å². The molecule has 0 unspecified atom stereocenters. The molecule has 0 aliphatic carbocycles. The lowest BCUT2D eigenvalue weighted by molar-refractivity contribution is 0.183. The molecule has 1 heterocycles. The molecule has 2 amide bonds. The fraction of sp³-hybridized carbons (Fsp3) is 0.304. The molecule has 0 aliphatic heterocycles. The maximum atomic E-state index is 13.4. The molecule has 0 saturated heterocycles. The third-order valence-corrected chi connectivity index (χ3v) is 4.89. The standard InChI is InChI=1S/C23H27FN4O2/c1-28(23(29)25-15-18-7-3-4-8-19(18)16-30-2)12-6-11-21-14-22(27-26-21)17-9-5-10-20(24)13-17/h3-5,7-10,13-14H,6,11-12,15-16H2,1-2H3,(H,25,29)(H,26,27). The molecule has 3 rings (SSSR count). The SMILES string of the molecule is COCc1ccccc1CNC(=O)N(C)CCCc1cc(-c2cccc(F)c2)n[nH]1. The fourth-order valence-electron chi connectivity index (χ4n) is 3.23. The first-order valence-electron chi connectivity index (χ1n) is 9.91. The molecule has 0 bridgehead atoms. The number of aromatic amines is 1. The monoisotopic (exact) mass is 410 g/mol. The number of benzene rings is 2. The Morgan fingerprint density at radius 2 is 1.97 bits per heavy atom. The van der Waals surface area contributed by atoms with Gasteiger partial charge in [0.25, 0.3) is 0 Å². The van der Waals surface area contributed by atoms with E-state index in [1.54, 1.807) is 25.1 Å². The molecular weight excluding hydrogens is 383 g/mol. The van der Waals surface area contributed by atoms with E-state index in [1.807, 2.05) is 36.4 Å². The van der Waals surface area contributed by atoms with Crippen LogP contribution in [0.5, 0.6) is 0 Å². The Hall–Kier alpha value is -3.19. The zero-order valence-electron chi connectivity index (χ0n) is 17.3. The van der Waals surface area contributed by atoms with Gasteiger partial charge < -0.3 is 15.0 Å². The highest BCUT2D eigenvalue weighted by Crippen LogP contribution is 2.19. The third-order valence-electron chi connectivity index (χ3n) is 4.89. The summed E-state index contributed by atoms with van der Waals surface area (Å²) in [6.45, 7) is 1.59. The van der Waals surface area contributed by atoms with Gasteiger partial charge in [0.2, 0.25) is 0 Å². The Bertz CT molecular complexity index is 973. The summed E-state index contributed by atoms with van der Waals surface area (Å²) in [5.74, 6) is -0.283. The Morgan fingerprint density at radius 1 is 1.17 bits per heavy atom. The number of methoxy groups -OCH3 is 1. The summed E-state index contributed by atoms with van der Waals surface area (Å²) in [4.78, 5) is 14.0. The van der Waals surface area contributed by atoms with Crippen molar-refractivity contribution in [2.45, 2.75) is 26.0 Å². The van der Waals surface area contributed by atoms with Gasteiger partial charge in [-0.1, -0.05) is 36.4 Å². The largest absolute Gasteiger partial charge is 0.380 e. The average Bonchev–Trinajstić information content (AvgIpc) is 3.22. The zero-order chi connectivity index (χ0) is 21.3. The average molecular weight is 410 g/mol. The van der Waals surface area contributed by atoms with Crippen molar-refractivity contribution in [2.24, 2.45) is 0 Å². The highest BCUT2D eigenvalue weighted by Gasteiger charge is 2.10. The first-order valence-corrected chi connectivity index (χ1v) is 9.91. The molecule has 0 saturated carbocycles. The lowest BCUT2D eigenvalue weighted by Gasteiger charge is -2.18. The van der Waals surface area contributed by atoms with E-state index in [9.17, 15) is 9.18 Å². The minimum atomic E-state index is -0.283. The van der Waals surface area contributed by atoms with Crippen LogP contribution in [0.2, 0.25) is 0 Å². The van der Waals surface area contributed by atoms with Crippen LogP contribution < -0.4 is 5.32 Å². The Labute approximate surface area is 176 Å².